The first-order valence-electron chi connectivity index (χ1n) is 5.72. The monoisotopic (exact) mass is 324 g/mol. The van der Waals surface area contributed by atoms with Crippen molar-refractivity contribution in [3.8, 4) is 11.5 Å². The van der Waals surface area contributed by atoms with E-state index in [0.717, 1.165) is 12.8 Å². The van der Waals surface area contributed by atoms with Crippen LogP contribution in [0.4, 0.5) is 0 Å². The van der Waals surface area contributed by atoms with Crippen LogP contribution in [-0.4, -0.2) is 24.9 Å². The summed E-state index contributed by atoms with van der Waals surface area (Å²) in [4.78, 5) is 0. The number of ether oxygens (including phenoxy) is 2. The maximum absolute atomic E-state index is 9.27. The van der Waals surface area contributed by atoms with E-state index in [1.807, 2.05) is 0 Å². The fourth-order valence-electron chi connectivity index (χ4n) is 1.35. The molecule has 0 fully saturated rings. The predicted molar refractivity (Wildman–Crippen MR) is 78.7 cm³/mol. The number of benzene rings is 1. The molecule has 0 spiro atoms. The fourth-order valence-corrected chi connectivity index (χ4v) is 2.01. The number of aromatic hydroxyl groups is 1. The van der Waals surface area contributed by atoms with Gasteiger partial charge in [0.2, 0.25) is 0 Å². The molecule has 1 rings (SSSR count). The molecule has 1 N–H and O–H groups in total. The Labute approximate surface area is 127 Å². The number of unbranched alkanes of at least 4 members (excludes halogenated alkanes) is 1. The largest absolute Gasteiger partial charge is 0.508 e. The van der Waals surface area contributed by atoms with Crippen molar-refractivity contribution in [3.05, 3.63) is 33.8 Å². The Kier molecular flexibility index (Phi) is 7.39. The maximum atomic E-state index is 9.27. The van der Waals surface area contributed by atoms with Crippen LogP contribution in [0.1, 0.15) is 12.8 Å². The Hall–Kier alpha value is -0.610. The molecule has 0 aromatic heterocycles. The van der Waals surface area contributed by atoms with E-state index in [4.69, 9.17) is 44.3 Å². The van der Waals surface area contributed by atoms with Crippen LogP contribution in [0.15, 0.2) is 23.7 Å². The number of hydrogen-bond acceptors (Lipinski definition) is 3. The van der Waals surface area contributed by atoms with E-state index in [0.29, 0.717) is 40.6 Å². The summed E-state index contributed by atoms with van der Waals surface area (Å²) >= 11 is 17.4. The Balaban J connectivity index is 2.25. The second-order valence-corrected chi connectivity index (χ2v) is 5.21. The molecule has 0 atom stereocenters. The zero-order valence-corrected chi connectivity index (χ0v) is 12.6. The normalized spacial score (nSPS) is 10.5. The lowest BCUT2D eigenvalue weighted by molar-refractivity contribution is 0.150. The lowest BCUT2D eigenvalue weighted by Crippen LogP contribution is -2.02. The minimum Gasteiger partial charge on any atom is -0.508 e. The van der Waals surface area contributed by atoms with Crippen LogP contribution in [0.2, 0.25) is 10.0 Å². The summed E-state index contributed by atoms with van der Waals surface area (Å²) in [5.41, 5.74) is 0. The quantitative estimate of drug-likeness (QED) is 0.708. The van der Waals surface area contributed by atoms with Crippen molar-refractivity contribution in [3.63, 3.8) is 0 Å². The lowest BCUT2D eigenvalue weighted by Gasteiger charge is -2.10. The molecule has 0 aliphatic heterocycles. The van der Waals surface area contributed by atoms with Gasteiger partial charge in [0, 0.05) is 23.8 Å². The van der Waals surface area contributed by atoms with E-state index in [-0.39, 0.29) is 5.75 Å². The van der Waals surface area contributed by atoms with Crippen molar-refractivity contribution in [1.82, 2.24) is 0 Å². The molecule has 0 saturated heterocycles. The first-order valence-corrected chi connectivity index (χ1v) is 6.86. The van der Waals surface area contributed by atoms with E-state index in [1.165, 1.54) is 12.1 Å². The molecule has 0 saturated carbocycles. The fraction of sp³-hybridized carbons (Fsp3) is 0.385. The van der Waals surface area contributed by atoms with Gasteiger partial charge >= 0.3 is 0 Å². The molecule has 0 unspecified atom stereocenters. The van der Waals surface area contributed by atoms with Crippen molar-refractivity contribution in [2.45, 2.75) is 12.8 Å². The number of phenolic OH excluding ortho intramolecular Hbond substituents is 1. The second-order valence-electron chi connectivity index (χ2n) is 3.86. The molecular weight excluding hydrogens is 310 g/mol. The number of phenols is 1. The van der Waals surface area contributed by atoms with E-state index in [2.05, 4.69) is 6.58 Å². The molecule has 0 aliphatic carbocycles. The average molecular weight is 326 g/mol. The van der Waals surface area contributed by atoms with Gasteiger partial charge < -0.3 is 14.6 Å². The van der Waals surface area contributed by atoms with Crippen LogP contribution < -0.4 is 4.74 Å². The van der Waals surface area contributed by atoms with Gasteiger partial charge in [-0.3, -0.25) is 0 Å². The summed E-state index contributed by atoms with van der Waals surface area (Å²) in [5, 5.41) is 10.3. The summed E-state index contributed by atoms with van der Waals surface area (Å²) in [5.74, 6) is 0.397. The van der Waals surface area contributed by atoms with Gasteiger partial charge in [-0.25, -0.2) is 0 Å². The SMILES string of the molecule is C=C(Cl)COCCCCOc1c(Cl)cc(O)cc1Cl. The summed E-state index contributed by atoms with van der Waals surface area (Å²) in [6.45, 7) is 4.94. The highest BCUT2D eigenvalue weighted by Gasteiger charge is 2.09. The van der Waals surface area contributed by atoms with Crippen LogP contribution in [0, 0.1) is 0 Å². The van der Waals surface area contributed by atoms with Gasteiger partial charge in [-0.1, -0.05) is 41.4 Å². The van der Waals surface area contributed by atoms with E-state index < -0.39 is 0 Å². The molecule has 0 aliphatic rings. The molecular formula is C13H15Cl3O3. The summed E-state index contributed by atoms with van der Waals surface area (Å²) in [6.07, 6.45) is 1.62. The van der Waals surface area contributed by atoms with Gasteiger partial charge in [0.1, 0.15) is 5.75 Å². The highest BCUT2D eigenvalue weighted by atomic mass is 35.5. The smallest absolute Gasteiger partial charge is 0.156 e. The van der Waals surface area contributed by atoms with Gasteiger partial charge in [-0.2, -0.15) is 0 Å². The summed E-state index contributed by atoms with van der Waals surface area (Å²) < 4.78 is 10.7. The maximum Gasteiger partial charge on any atom is 0.156 e. The Bertz CT molecular complexity index is 412. The second kappa shape index (κ2) is 8.54. The van der Waals surface area contributed by atoms with Gasteiger partial charge in [0.05, 0.1) is 23.3 Å². The molecule has 0 radical (unpaired) electrons. The van der Waals surface area contributed by atoms with Crippen molar-refractivity contribution < 1.29 is 14.6 Å². The zero-order valence-electron chi connectivity index (χ0n) is 10.3. The number of hydrogen-bond donors (Lipinski definition) is 1. The molecule has 19 heavy (non-hydrogen) atoms. The number of rotatable bonds is 8. The van der Waals surface area contributed by atoms with Gasteiger partial charge in [-0.15, -0.1) is 0 Å². The average Bonchev–Trinajstić information content (AvgIpc) is 2.30. The van der Waals surface area contributed by atoms with Crippen molar-refractivity contribution >= 4 is 34.8 Å². The van der Waals surface area contributed by atoms with Crippen molar-refractivity contribution in [2.75, 3.05) is 19.8 Å². The van der Waals surface area contributed by atoms with Crippen molar-refractivity contribution in [1.29, 1.82) is 0 Å². The topological polar surface area (TPSA) is 38.7 Å². The molecule has 1 aromatic rings. The first-order chi connectivity index (χ1) is 9.00. The Morgan fingerprint density at radius 3 is 2.32 bits per heavy atom. The third-order valence-electron chi connectivity index (χ3n) is 2.17. The van der Waals surface area contributed by atoms with E-state index in [9.17, 15) is 5.11 Å². The van der Waals surface area contributed by atoms with Crippen molar-refractivity contribution in [2.24, 2.45) is 0 Å². The third kappa shape index (κ3) is 6.39. The highest BCUT2D eigenvalue weighted by Crippen LogP contribution is 2.36. The van der Waals surface area contributed by atoms with Gasteiger partial charge in [0.25, 0.3) is 0 Å². The molecule has 1 aromatic carbocycles. The van der Waals surface area contributed by atoms with Crippen LogP contribution >= 0.6 is 34.8 Å². The molecule has 6 heteroatoms. The van der Waals surface area contributed by atoms with Crippen LogP contribution in [0.25, 0.3) is 0 Å². The van der Waals surface area contributed by atoms with Gasteiger partial charge in [0.15, 0.2) is 5.75 Å². The Morgan fingerprint density at radius 1 is 1.16 bits per heavy atom. The summed E-state index contributed by atoms with van der Waals surface area (Å²) in [6, 6.07) is 2.77. The molecule has 0 heterocycles. The highest BCUT2D eigenvalue weighted by molar-refractivity contribution is 6.37. The van der Waals surface area contributed by atoms with Crippen LogP contribution in [-0.2, 0) is 4.74 Å². The third-order valence-corrected chi connectivity index (χ3v) is 2.84. The zero-order chi connectivity index (χ0) is 14.3. The molecule has 0 amide bonds. The summed E-state index contributed by atoms with van der Waals surface area (Å²) in [7, 11) is 0. The molecule has 0 bridgehead atoms. The number of halogens is 3. The van der Waals surface area contributed by atoms with Crippen LogP contribution in [0.5, 0.6) is 11.5 Å². The van der Waals surface area contributed by atoms with E-state index >= 15 is 0 Å². The molecule has 3 nitrogen and oxygen atoms in total. The predicted octanol–water partition coefficient (Wildman–Crippen LogP) is 4.63. The minimum atomic E-state index is 0.0112. The van der Waals surface area contributed by atoms with Crippen LogP contribution in [0.3, 0.4) is 0 Å². The lowest BCUT2D eigenvalue weighted by atomic mass is 10.3. The van der Waals surface area contributed by atoms with Gasteiger partial charge in [-0.05, 0) is 12.8 Å². The Morgan fingerprint density at radius 2 is 1.74 bits per heavy atom. The first kappa shape index (κ1) is 16.4. The molecule has 106 valence electrons. The minimum absolute atomic E-state index is 0.0112. The van der Waals surface area contributed by atoms with E-state index in [1.54, 1.807) is 0 Å². The standard InChI is InChI=1S/C13H15Cl3O3/c1-9(14)8-18-4-2-3-5-19-13-11(15)6-10(17)7-12(13)16/h6-7,17H,1-5,8H2.